The van der Waals surface area contributed by atoms with Gasteiger partial charge in [-0.25, -0.2) is 0 Å². The lowest BCUT2D eigenvalue weighted by atomic mass is 10.3. The van der Waals surface area contributed by atoms with Crippen LogP contribution in [0, 0.1) is 17.0 Å². The maximum atomic E-state index is 12.4. The number of aliphatic hydroxyl groups is 1. The van der Waals surface area contributed by atoms with Crippen LogP contribution in [0.2, 0.25) is 0 Å². The minimum absolute atomic E-state index is 0.219. The molecule has 1 rings (SSSR count). The highest BCUT2D eigenvalue weighted by molar-refractivity contribution is 5.42. The third-order valence-corrected chi connectivity index (χ3v) is 1.94. The number of halogens is 3. The van der Waals surface area contributed by atoms with Crippen LogP contribution in [-0.2, 0) is 12.7 Å². The van der Waals surface area contributed by atoms with Crippen molar-refractivity contribution in [3.63, 3.8) is 0 Å². The Morgan fingerprint density at radius 2 is 2.12 bits per heavy atom. The largest absolute Gasteiger partial charge is 0.442 e. The fourth-order valence-corrected chi connectivity index (χ4v) is 1.26. The standard InChI is InChI=1S/C7H8F3N3O3/c1-4-5(13(15)16)6(7(8,9)10)11-12(4)2-3-14/h14H,2-3H2,1H3. The first kappa shape index (κ1) is 12.4. The minimum atomic E-state index is -4.88. The van der Waals surface area contributed by atoms with Gasteiger partial charge in [-0.05, 0) is 6.92 Å². The molecule has 0 atom stereocenters. The lowest BCUT2D eigenvalue weighted by Gasteiger charge is -2.00. The Balaban J connectivity index is 3.37. The smallest absolute Gasteiger partial charge is 0.394 e. The van der Waals surface area contributed by atoms with Crippen LogP contribution < -0.4 is 0 Å². The summed E-state index contributed by atoms with van der Waals surface area (Å²) in [7, 11) is 0. The predicted octanol–water partition coefficient (Wildman–Crippen LogP) is 1.11. The average molecular weight is 239 g/mol. The highest BCUT2D eigenvalue weighted by Crippen LogP contribution is 2.36. The molecule has 0 amide bonds. The molecule has 1 heterocycles. The molecule has 0 radical (unpaired) electrons. The number of nitrogens with zero attached hydrogens (tertiary/aromatic N) is 3. The van der Waals surface area contributed by atoms with Gasteiger partial charge in [0.05, 0.1) is 18.1 Å². The molecular formula is C7H8F3N3O3. The van der Waals surface area contributed by atoms with Gasteiger partial charge in [-0.2, -0.15) is 18.3 Å². The van der Waals surface area contributed by atoms with Gasteiger partial charge < -0.3 is 5.11 Å². The van der Waals surface area contributed by atoms with Crippen molar-refractivity contribution >= 4 is 5.69 Å². The zero-order valence-corrected chi connectivity index (χ0v) is 8.15. The van der Waals surface area contributed by atoms with E-state index in [1.807, 2.05) is 0 Å². The van der Waals surface area contributed by atoms with Crippen LogP contribution in [0.1, 0.15) is 11.4 Å². The molecule has 0 saturated heterocycles. The van der Waals surface area contributed by atoms with Gasteiger partial charge in [0.15, 0.2) is 0 Å². The Morgan fingerprint density at radius 3 is 2.44 bits per heavy atom. The summed E-state index contributed by atoms with van der Waals surface area (Å²) in [5, 5.41) is 22.2. The van der Waals surface area contributed by atoms with Crippen molar-refractivity contribution in [1.29, 1.82) is 0 Å². The average Bonchev–Trinajstić information content (AvgIpc) is 2.44. The number of rotatable bonds is 3. The number of aromatic nitrogens is 2. The first-order chi connectivity index (χ1) is 7.29. The molecule has 0 aromatic carbocycles. The van der Waals surface area contributed by atoms with Gasteiger partial charge in [0.1, 0.15) is 5.69 Å². The number of alkyl halides is 3. The summed E-state index contributed by atoms with van der Waals surface area (Å²) in [6, 6.07) is 0. The molecule has 0 saturated carbocycles. The van der Waals surface area contributed by atoms with Crippen molar-refractivity contribution in [2.75, 3.05) is 6.61 Å². The summed E-state index contributed by atoms with van der Waals surface area (Å²) in [6.07, 6.45) is -4.88. The predicted molar refractivity (Wildman–Crippen MR) is 45.7 cm³/mol. The van der Waals surface area contributed by atoms with Crippen LogP contribution in [0.5, 0.6) is 0 Å². The minimum Gasteiger partial charge on any atom is -0.394 e. The Kier molecular flexibility index (Phi) is 3.17. The van der Waals surface area contributed by atoms with E-state index < -0.39 is 29.1 Å². The van der Waals surface area contributed by atoms with Crippen molar-refractivity contribution in [3.8, 4) is 0 Å². The number of nitro groups is 1. The van der Waals surface area contributed by atoms with E-state index in [9.17, 15) is 23.3 Å². The summed E-state index contributed by atoms with van der Waals surface area (Å²) in [4.78, 5) is 9.37. The molecule has 0 bridgehead atoms. The first-order valence-electron chi connectivity index (χ1n) is 4.19. The molecule has 90 valence electrons. The highest BCUT2D eigenvalue weighted by Gasteiger charge is 2.44. The van der Waals surface area contributed by atoms with Gasteiger partial charge in [-0.3, -0.25) is 14.8 Å². The van der Waals surface area contributed by atoms with Crippen LogP contribution in [-0.4, -0.2) is 26.4 Å². The van der Waals surface area contributed by atoms with Crippen molar-refractivity contribution in [3.05, 3.63) is 21.5 Å². The molecule has 0 aliphatic rings. The Labute approximate surface area is 87.4 Å². The van der Waals surface area contributed by atoms with E-state index in [1.165, 1.54) is 0 Å². The molecule has 16 heavy (non-hydrogen) atoms. The van der Waals surface area contributed by atoms with E-state index in [4.69, 9.17) is 5.11 Å². The van der Waals surface area contributed by atoms with Crippen molar-refractivity contribution in [2.45, 2.75) is 19.6 Å². The van der Waals surface area contributed by atoms with Crippen LogP contribution in [0.3, 0.4) is 0 Å². The van der Waals surface area contributed by atoms with E-state index in [-0.39, 0.29) is 12.2 Å². The topological polar surface area (TPSA) is 81.2 Å². The molecular weight excluding hydrogens is 231 g/mol. The second-order valence-electron chi connectivity index (χ2n) is 2.98. The van der Waals surface area contributed by atoms with Gasteiger partial charge in [0, 0.05) is 0 Å². The number of hydrogen-bond donors (Lipinski definition) is 1. The molecule has 0 spiro atoms. The van der Waals surface area contributed by atoms with Crippen molar-refractivity contribution in [1.82, 2.24) is 9.78 Å². The second kappa shape index (κ2) is 4.08. The number of hydrogen-bond acceptors (Lipinski definition) is 4. The SMILES string of the molecule is Cc1c([N+](=O)[O-])c(C(F)(F)F)nn1CCO. The third-order valence-electron chi connectivity index (χ3n) is 1.94. The Bertz CT molecular complexity index is 413. The molecule has 0 aliphatic carbocycles. The van der Waals surface area contributed by atoms with Crippen LogP contribution in [0.25, 0.3) is 0 Å². The monoisotopic (exact) mass is 239 g/mol. The molecule has 6 nitrogen and oxygen atoms in total. The van der Waals surface area contributed by atoms with Crippen molar-refractivity contribution < 1.29 is 23.2 Å². The number of aliphatic hydroxyl groups excluding tert-OH is 1. The maximum Gasteiger partial charge on any atom is 0.442 e. The first-order valence-corrected chi connectivity index (χ1v) is 4.19. The lowest BCUT2D eigenvalue weighted by molar-refractivity contribution is -0.388. The van der Waals surface area contributed by atoms with Crippen LogP contribution >= 0.6 is 0 Å². The molecule has 1 aromatic rings. The summed E-state index contributed by atoms with van der Waals surface area (Å²) in [6.45, 7) is 0.482. The highest BCUT2D eigenvalue weighted by atomic mass is 19.4. The lowest BCUT2D eigenvalue weighted by Crippen LogP contribution is -2.10. The zero-order chi connectivity index (χ0) is 12.5. The normalized spacial score (nSPS) is 11.8. The van der Waals surface area contributed by atoms with Crippen molar-refractivity contribution in [2.24, 2.45) is 0 Å². The fraction of sp³-hybridized carbons (Fsp3) is 0.571. The molecule has 1 aromatic heterocycles. The van der Waals surface area contributed by atoms with Gasteiger partial charge in [0.2, 0.25) is 5.69 Å². The van der Waals surface area contributed by atoms with E-state index in [1.54, 1.807) is 0 Å². The summed E-state index contributed by atoms with van der Waals surface area (Å²) in [5.41, 5.74) is -2.84. The molecule has 1 N–H and O–H groups in total. The van der Waals surface area contributed by atoms with Gasteiger partial charge in [-0.1, -0.05) is 0 Å². The van der Waals surface area contributed by atoms with Gasteiger partial charge in [-0.15, -0.1) is 0 Å². The van der Waals surface area contributed by atoms with Crippen LogP contribution in [0.15, 0.2) is 0 Å². The van der Waals surface area contributed by atoms with E-state index in [0.29, 0.717) is 0 Å². The molecule has 0 unspecified atom stereocenters. The van der Waals surface area contributed by atoms with E-state index in [0.717, 1.165) is 11.6 Å². The second-order valence-corrected chi connectivity index (χ2v) is 2.98. The fourth-order valence-electron chi connectivity index (χ4n) is 1.26. The molecule has 0 fully saturated rings. The summed E-state index contributed by atoms with van der Waals surface area (Å²) >= 11 is 0. The third kappa shape index (κ3) is 2.13. The van der Waals surface area contributed by atoms with Gasteiger partial charge >= 0.3 is 11.9 Å². The molecule has 9 heteroatoms. The van der Waals surface area contributed by atoms with Crippen LogP contribution in [0.4, 0.5) is 18.9 Å². The quantitative estimate of drug-likeness (QED) is 0.632. The summed E-state index contributed by atoms with van der Waals surface area (Å²) < 4.78 is 38.0. The van der Waals surface area contributed by atoms with E-state index >= 15 is 0 Å². The summed E-state index contributed by atoms with van der Waals surface area (Å²) in [5.74, 6) is 0. The zero-order valence-electron chi connectivity index (χ0n) is 8.15. The van der Waals surface area contributed by atoms with E-state index in [2.05, 4.69) is 5.10 Å². The Morgan fingerprint density at radius 1 is 1.56 bits per heavy atom. The Hall–Kier alpha value is -1.64. The van der Waals surface area contributed by atoms with Gasteiger partial charge in [0.25, 0.3) is 0 Å². The maximum absolute atomic E-state index is 12.4. The molecule has 0 aliphatic heterocycles.